The highest BCUT2D eigenvalue weighted by molar-refractivity contribution is 5.98. The van der Waals surface area contributed by atoms with Gasteiger partial charge in [-0.1, -0.05) is 0 Å². The van der Waals surface area contributed by atoms with E-state index in [1.54, 1.807) is 29.4 Å². The summed E-state index contributed by atoms with van der Waals surface area (Å²) in [7, 11) is 0. The highest BCUT2D eigenvalue weighted by atomic mass is 19.1. The van der Waals surface area contributed by atoms with E-state index < -0.39 is 0 Å². The number of carbonyl (C=O) groups is 1. The molecule has 0 atom stereocenters. The first-order valence-corrected chi connectivity index (χ1v) is 7.16. The second kappa shape index (κ2) is 5.67. The number of amides is 1. The molecule has 0 bridgehead atoms. The first-order chi connectivity index (χ1) is 10.5. The molecule has 114 valence electrons. The molecule has 1 N–H and O–H groups in total. The Morgan fingerprint density at radius 1 is 1.32 bits per heavy atom. The van der Waals surface area contributed by atoms with Crippen molar-refractivity contribution >= 4 is 16.8 Å². The van der Waals surface area contributed by atoms with Crippen LogP contribution in [0.1, 0.15) is 30.1 Å². The van der Waals surface area contributed by atoms with E-state index >= 15 is 0 Å². The lowest BCUT2D eigenvalue weighted by atomic mass is 10.2. The number of furan rings is 1. The van der Waals surface area contributed by atoms with Crippen LogP contribution in [0.15, 0.2) is 47.1 Å². The van der Waals surface area contributed by atoms with Crippen LogP contribution in [0.5, 0.6) is 0 Å². The van der Waals surface area contributed by atoms with Crippen LogP contribution < -0.4 is 0 Å². The maximum atomic E-state index is 13.3. The van der Waals surface area contributed by atoms with Crippen molar-refractivity contribution in [1.29, 1.82) is 0 Å². The second-order valence-electron chi connectivity index (χ2n) is 5.52. The van der Waals surface area contributed by atoms with Gasteiger partial charge in [0.05, 0.1) is 12.8 Å². The Kier molecular flexibility index (Phi) is 3.71. The van der Waals surface area contributed by atoms with E-state index in [2.05, 4.69) is 4.98 Å². The van der Waals surface area contributed by atoms with Gasteiger partial charge in [-0.3, -0.25) is 4.79 Å². The summed E-state index contributed by atoms with van der Waals surface area (Å²) in [5, 5.41) is 0.685. The van der Waals surface area contributed by atoms with Gasteiger partial charge in [-0.25, -0.2) is 4.39 Å². The Balaban J connectivity index is 1.91. The number of rotatable bonds is 4. The lowest BCUT2D eigenvalue weighted by Gasteiger charge is -2.25. The number of carbonyl (C=O) groups excluding carboxylic acids is 1. The number of hydrogen-bond donors (Lipinski definition) is 1. The number of fused-ring (bicyclic) bond motifs is 1. The van der Waals surface area contributed by atoms with Crippen molar-refractivity contribution in [1.82, 2.24) is 9.88 Å². The molecule has 4 nitrogen and oxygen atoms in total. The first kappa shape index (κ1) is 14.4. The summed E-state index contributed by atoms with van der Waals surface area (Å²) in [4.78, 5) is 17.5. The van der Waals surface area contributed by atoms with Gasteiger partial charge in [0, 0.05) is 16.9 Å². The van der Waals surface area contributed by atoms with Gasteiger partial charge in [-0.05, 0) is 50.2 Å². The molecule has 0 unspecified atom stereocenters. The van der Waals surface area contributed by atoms with Crippen molar-refractivity contribution in [2.75, 3.05) is 0 Å². The molecule has 0 aliphatic heterocycles. The zero-order valence-electron chi connectivity index (χ0n) is 12.5. The summed E-state index contributed by atoms with van der Waals surface area (Å²) in [5.41, 5.74) is 1.19. The monoisotopic (exact) mass is 300 g/mol. The third-order valence-corrected chi connectivity index (χ3v) is 3.60. The molecule has 0 aliphatic rings. The normalized spacial score (nSPS) is 11.3. The molecule has 0 saturated carbocycles. The van der Waals surface area contributed by atoms with Crippen molar-refractivity contribution in [3.8, 4) is 0 Å². The molecule has 1 aromatic carbocycles. The fourth-order valence-electron chi connectivity index (χ4n) is 2.43. The SMILES string of the molecule is CC(C)N(Cc1ccco1)C(=O)c1cc2cc(F)ccc2[nH]1. The minimum atomic E-state index is -0.318. The summed E-state index contributed by atoms with van der Waals surface area (Å²) in [6.45, 7) is 4.29. The van der Waals surface area contributed by atoms with E-state index in [-0.39, 0.29) is 17.8 Å². The van der Waals surface area contributed by atoms with Crippen LogP contribution in [-0.4, -0.2) is 21.8 Å². The van der Waals surface area contributed by atoms with E-state index in [4.69, 9.17) is 4.42 Å². The minimum Gasteiger partial charge on any atom is -0.467 e. The van der Waals surface area contributed by atoms with E-state index in [9.17, 15) is 9.18 Å². The Bertz CT molecular complexity index is 790. The van der Waals surface area contributed by atoms with Crippen LogP contribution in [0.2, 0.25) is 0 Å². The second-order valence-corrected chi connectivity index (χ2v) is 5.52. The molecular formula is C17H17FN2O2. The maximum absolute atomic E-state index is 13.3. The predicted octanol–water partition coefficient (Wildman–Crippen LogP) is 3.95. The molecule has 0 spiro atoms. The summed E-state index contributed by atoms with van der Waals surface area (Å²) < 4.78 is 18.6. The van der Waals surface area contributed by atoms with Gasteiger partial charge in [0.2, 0.25) is 0 Å². The quantitative estimate of drug-likeness (QED) is 0.793. The summed E-state index contributed by atoms with van der Waals surface area (Å²) in [6.07, 6.45) is 1.59. The van der Waals surface area contributed by atoms with Crippen molar-refractivity contribution in [3.63, 3.8) is 0 Å². The van der Waals surface area contributed by atoms with Gasteiger partial charge in [-0.15, -0.1) is 0 Å². The van der Waals surface area contributed by atoms with E-state index in [1.807, 2.05) is 19.9 Å². The van der Waals surface area contributed by atoms with Crippen LogP contribution in [0, 0.1) is 5.82 Å². The highest BCUT2D eigenvalue weighted by Gasteiger charge is 2.21. The van der Waals surface area contributed by atoms with E-state index in [0.29, 0.717) is 17.6 Å². The number of aromatic amines is 1. The Morgan fingerprint density at radius 2 is 2.14 bits per heavy atom. The first-order valence-electron chi connectivity index (χ1n) is 7.16. The summed E-state index contributed by atoms with van der Waals surface area (Å²) >= 11 is 0. The number of benzene rings is 1. The third kappa shape index (κ3) is 2.74. The van der Waals surface area contributed by atoms with Crippen LogP contribution in [-0.2, 0) is 6.54 Å². The molecule has 0 fully saturated rings. The molecule has 2 heterocycles. The molecule has 22 heavy (non-hydrogen) atoms. The minimum absolute atomic E-state index is 0.0146. The van der Waals surface area contributed by atoms with Crippen molar-refractivity contribution in [2.45, 2.75) is 26.4 Å². The van der Waals surface area contributed by atoms with Crippen LogP contribution in [0.25, 0.3) is 10.9 Å². The van der Waals surface area contributed by atoms with Crippen LogP contribution in [0.4, 0.5) is 4.39 Å². The van der Waals surface area contributed by atoms with Gasteiger partial charge in [0.15, 0.2) is 0 Å². The lowest BCUT2D eigenvalue weighted by Crippen LogP contribution is -2.36. The zero-order chi connectivity index (χ0) is 15.7. The molecular weight excluding hydrogens is 283 g/mol. The predicted molar refractivity (Wildman–Crippen MR) is 82.0 cm³/mol. The number of nitrogens with zero attached hydrogens (tertiary/aromatic N) is 1. The Labute approximate surface area is 127 Å². The number of halogens is 1. The number of hydrogen-bond acceptors (Lipinski definition) is 2. The third-order valence-electron chi connectivity index (χ3n) is 3.60. The highest BCUT2D eigenvalue weighted by Crippen LogP contribution is 2.19. The topological polar surface area (TPSA) is 49.2 Å². The van der Waals surface area contributed by atoms with Crippen molar-refractivity contribution in [2.24, 2.45) is 0 Å². The molecule has 3 rings (SSSR count). The van der Waals surface area contributed by atoms with Gasteiger partial charge >= 0.3 is 0 Å². The van der Waals surface area contributed by atoms with Crippen molar-refractivity contribution < 1.29 is 13.6 Å². The summed E-state index contributed by atoms with van der Waals surface area (Å²) in [5.74, 6) is 0.272. The molecule has 0 aliphatic carbocycles. The number of aromatic nitrogens is 1. The standard InChI is InChI=1S/C17H17FN2O2/c1-11(2)20(10-14-4-3-7-22-14)17(21)16-9-12-8-13(18)5-6-15(12)19-16/h3-9,11,19H,10H2,1-2H3. The zero-order valence-corrected chi connectivity index (χ0v) is 12.5. The fraction of sp³-hybridized carbons (Fsp3) is 0.235. The van der Waals surface area contributed by atoms with Gasteiger partial charge in [0.25, 0.3) is 5.91 Å². The van der Waals surface area contributed by atoms with Gasteiger partial charge in [-0.2, -0.15) is 0 Å². The number of H-pyrrole nitrogens is 1. The van der Waals surface area contributed by atoms with Crippen LogP contribution >= 0.6 is 0 Å². The smallest absolute Gasteiger partial charge is 0.270 e. The number of nitrogens with one attached hydrogen (secondary N) is 1. The summed E-state index contributed by atoms with van der Waals surface area (Å²) in [6, 6.07) is 9.74. The van der Waals surface area contributed by atoms with Gasteiger partial charge in [0.1, 0.15) is 17.3 Å². The largest absolute Gasteiger partial charge is 0.467 e. The molecule has 5 heteroatoms. The maximum Gasteiger partial charge on any atom is 0.270 e. The fourth-order valence-corrected chi connectivity index (χ4v) is 2.43. The average Bonchev–Trinajstić information content (AvgIpc) is 3.12. The Morgan fingerprint density at radius 3 is 2.82 bits per heavy atom. The molecule has 0 radical (unpaired) electrons. The van der Waals surface area contributed by atoms with Crippen molar-refractivity contribution in [3.05, 3.63) is 59.9 Å². The van der Waals surface area contributed by atoms with E-state index in [1.165, 1.54) is 12.1 Å². The Hall–Kier alpha value is -2.56. The molecule has 2 aromatic heterocycles. The molecule has 0 saturated heterocycles. The van der Waals surface area contributed by atoms with E-state index in [0.717, 1.165) is 11.3 Å². The average molecular weight is 300 g/mol. The van der Waals surface area contributed by atoms with Gasteiger partial charge < -0.3 is 14.3 Å². The lowest BCUT2D eigenvalue weighted by molar-refractivity contribution is 0.0671. The van der Waals surface area contributed by atoms with Crippen LogP contribution in [0.3, 0.4) is 0 Å². The molecule has 3 aromatic rings. The molecule has 1 amide bonds.